The highest BCUT2D eigenvalue weighted by atomic mass is 16.3. The quantitative estimate of drug-likeness (QED) is 0.575. The molecule has 0 aromatic heterocycles. The number of nitrogens with one attached hydrogen (secondary N) is 1. The molecule has 0 bridgehead atoms. The molecule has 3 N–H and O–H groups in total. The van der Waals surface area contributed by atoms with Gasteiger partial charge in [-0.25, -0.2) is 0 Å². The standard InChI is InChI=1S/C11H22N2O2/c1-8(14)9-2-4-13(5-3-9)10-6-12-7-11(10)15/h8-12,14-15H,2-7H2,1H3. The van der Waals surface area contributed by atoms with E-state index in [1.807, 2.05) is 6.92 Å². The van der Waals surface area contributed by atoms with E-state index in [9.17, 15) is 10.2 Å². The van der Waals surface area contributed by atoms with E-state index in [4.69, 9.17) is 0 Å². The third kappa shape index (κ3) is 2.50. The minimum Gasteiger partial charge on any atom is -0.393 e. The Balaban J connectivity index is 1.82. The Morgan fingerprint density at radius 3 is 2.40 bits per heavy atom. The fourth-order valence-electron chi connectivity index (χ4n) is 2.76. The second kappa shape index (κ2) is 4.78. The van der Waals surface area contributed by atoms with Crippen molar-refractivity contribution in [3.05, 3.63) is 0 Å². The second-order valence-electron chi connectivity index (χ2n) is 4.91. The van der Waals surface area contributed by atoms with Crippen molar-refractivity contribution in [3.8, 4) is 0 Å². The molecule has 4 nitrogen and oxygen atoms in total. The summed E-state index contributed by atoms with van der Waals surface area (Å²) in [6.07, 6.45) is 1.72. The zero-order chi connectivity index (χ0) is 10.8. The van der Waals surface area contributed by atoms with Crippen molar-refractivity contribution in [1.29, 1.82) is 0 Å². The molecule has 0 spiro atoms. The fourth-order valence-corrected chi connectivity index (χ4v) is 2.76. The topological polar surface area (TPSA) is 55.7 Å². The van der Waals surface area contributed by atoms with Gasteiger partial charge in [0.25, 0.3) is 0 Å². The Kier molecular flexibility index (Phi) is 3.61. The number of aliphatic hydroxyl groups excluding tert-OH is 2. The van der Waals surface area contributed by atoms with Crippen molar-refractivity contribution in [3.63, 3.8) is 0 Å². The van der Waals surface area contributed by atoms with Crippen LogP contribution in [0.1, 0.15) is 19.8 Å². The van der Waals surface area contributed by atoms with Gasteiger partial charge in [0.05, 0.1) is 12.2 Å². The number of hydrogen-bond acceptors (Lipinski definition) is 4. The lowest BCUT2D eigenvalue weighted by Gasteiger charge is -2.37. The molecule has 3 unspecified atom stereocenters. The first-order chi connectivity index (χ1) is 7.18. The van der Waals surface area contributed by atoms with Gasteiger partial charge in [-0.1, -0.05) is 0 Å². The maximum absolute atomic E-state index is 9.76. The average molecular weight is 214 g/mol. The van der Waals surface area contributed by atoms with E-state index in [1.165, 1.54) is 0 Å². The highest BCUT2D eigenvalue weighted by Crippen LogP contribution is 2.23. The first kappa shape index (κ1) is 11.3. The highest BCUT2D eigenvalue weighted by molar-refractivity contribution is 4.90. The van der Waals surface area contributed by atoms with Crippen LogP contribution in [-0.2, 0) is 0 Å². The van der Waals surface area contributed by atoms with Crippen LogP contribution in [0.5, 0.6) is 0 Å². The fraction of sp³-hybridized carbons (Fsp3) is 1.00. The molecule has 2 rings (SSSR count). The highest BCUT2D eigenvalue weighted by Gasteiger charge is 2.33. The summed E-state index contributed by atoms with van der Waals surface area (Å²) in [5.41, 5.74) is 0. The van der Waals surface area contributed by atoms with E-state index in [-0.39, 0.29) is 12.2 Å². The summed E-state index contributed by atoms with van der Waals surface area (Å²) in [7, 11) is 0. The van der Waals surface area contributed by atoms with Gasteiger partial charge in [0, 0.05) is 19.1 Å². The molecule has 2 saturated heterocycles. The smallest absolute Gasteiger partial charge is 0.0831 e. The van der Waals surface area contributed by atoms with Crippen molar-refractivity contribution in [2.24, 2.45) is 5.92 Å². The molecule has 15 heavy (non-hydrogen) atoms. The van der Waals surface area contributed by atoms with Gasteiger partial charge in [-0.3, -0.25) is 4.90 Å². The first-order valence-electron chi connectivity index (χ1n) is 5.99. The lowest BCUT2D eigenvalue weighted by atomic mass is 9.91. The van der Waals surface area contributed by atoms with Crippen LogP contribution >= 0.6 is 0 Å². The molecule has 2 fully saturated rings. The van der Waals surface area contributed by atoms with Crippen LogP contribution in [0.3, 0.4) is 0 Å². The van der Waals surface area contributed by atoms with E-state index in [2.05, 4.69) is 10.2 Å². The van der Waals surface area contributed by atoms with E-state index in [1.54, 1.807) is 0 Å². The summed E-state index contributed by atoms with van der Waals surface area (Å²) in [5.74, 6) is 0.452. The normalized spacial score (nSPS) is 37.0. The monoisotopic (exact) mass is 214 g/mol. The van der Waals surface area contributed by atoms with Gasteiger partial charge in [-0.05, 0) is 38.8 Å². The maximum atomic E-state index is 9.76. The minimum atomic E-state index is -0.215. The lowest BCUT2D eigenvalue weighted by Crippen LogP contribution is -2.48. The molecular formula is C11H22N2O2. The van der Waals surface area contributed by atoms with Crippen LogP contribution in [0.15, 0.2) is 0 Å². The van der Waals surface area contributed by atoms with Crippen molar-refractivity contribution < 1.29 is 10.2 Å². The van der Waals surface area contributed by atoms with Gasteiger partial charge in [-0.2, -0.15) is 0 Å². The van der Waals surface area contributed by atoms with Crippen LogP contribution in [-0.4, -0.2) is 59.5 Å². The van der Waals surface area contributed by atoms with Crippen LogP contribution in [0.2, 0.25) is 0 Å². The number of β-amino-alcohol motifs (C(OH)–C–C–N with tert-alkyl or cyclic N) is 1. The van der Waals surface area contributed by atoms with E-state index < -0.39 is 0 Å². The largest absolute Gasteiger partial charge is 0.393 e. The van der Waals surface area contributed by atoms with E-state index in [0.29, 0.717) is 12.0 Å². The van der Waals surface area contributed by atoms with E-state index >= 15 is 0 Å². The SMILES string of the molecule is CC(O)C1CCN(C2CNCC2O)CC1. The molecule has 0 radical (unpaired) electrons. The Labute approximate surface area is 91.3 Å². The zero-order valence-electron chi connectivity index (χ0n) is 9.39. The average Bonchev–Trinajstić information content (AvgIpc) is 2.65. The third-order valence-corrected chi connectivity index (χ3v) is 3.88. The van der Waals surface area contributed by atoms with Gasteiger partial charge >= 0.3 is 0 Å². The first-order valence-corrected chi connectivity index (χ1v) is 5.99. The number of likely N-dealkylation sites (tertiary alicyclic amines) is 1. The number of aliphatic hydroxyl groups is 2. The van der Waals surface area contributed by atoms with Crippen molar-refractivity contribution in [2.75, 3.05) is 26.2 Å². The van der Waals surface area contributed by atoms with E-state index in [0.717, 1.165) is 39.0 Å². The van der Waals surface area contributed by atoms with Gasteiger partial charge in [0.1, 0.15) is 0 Å². The van der Waals surface area contributed by atoms with Crippen molar-refractivity contribution in [1.82, 2.24) is 10.2 Å². The predicted molar refractivity (Wildman–Crippen MR) is 58.6 cm³/mol. The molecule has 4 heteroatoms. The molecule has 2 aliphatic heterocycles. The lowest BCUT2D eigenvalue weighted by molar-refractivity contribution is 0.0285. The zero-order valence-corrected chi connectivity index (χ0v) is 9.39. The molecule has 0 aromatic rings. The predicted octanol–water partition coefficient (Wildman–Crippen LogP) is -0.588. The summed E-state index contributed by atoms with van der Waals surface area (Å²) in [6, 6.07) is 0.292. The summed E-state index contributed by atoms with van der Waals surface area (Å²) in [4.78, 5) is 2.36. The van der Waals surface area contributed by atoms with Crippen LogP contribution in [0.25, 0.3) is 0 Å². The van der Waals surface area contributed by atoms with Crippen molar-refractivity contribution in [2.45, 2.75) is 38.0 Å². The summed E-state index contributed by atoms with van der Waals surface area (Å²) in [5, 5.41) is 22.5. The molecule has 2 aliphatic rings. The third-order valence-electron chi connectivity index (χ3n) is 3.88. The number of hydrogen-bond donors (Lipinski definition) is 3. The minimum absolute atomic E-state index is 0.182. The Hall–Kier alpha value is -0.160. The van der Waals surface area contributed by atoms with Gasteiger partial charge in [0.2, 0.25) is 0 Å². The Morgan fingerprint density at radius 1 is 1.27 bits per heavy atom. The molecule has 2 heterocycles. The Bertz CT molecular complexity index is 203. The number of rotatable bonds is 2. The maximum Gasteiger partial charge on any atom is 0.0831 e. The molecule has 3 atom stereocenters. The number of piperidine rings is 1. The van der Waals surface area contributed by atoms with Crippen LogP contribution < -0.4 is 5.32 Å². The summed E-state index contributed by atoms with van der Waals surface area (Å²) < 4.78 is 0. The summed E-state index contributed by atoms with van der Waals surface area (Å²) >= 11 is 0. The molecule has 0 aromatic carbocycles. The molecule has 0 aliphatic carbocycles. The molecule has 88 valence electrons. The number of nitrogens with zero attached hydrogens (tertiary/aromatic N) is 1. The van der Waals surface area contributed by atoms with Crippen molar-refractivity contribution >= 4 is 0 Å². The van der Waals surface area contributed by atoms with Gasteiger partial charge < -0.3 is 15.5 Å². The molecular weight excluding hydrogens is 192 g/mol. The second-order valence-corrected chi connectivity index (χ2v) is 4.91. The summed E-state index contributed by atoms with van der Waals surface area (Å²) in [6.45, 7) is 5.53. The van der Waals surface area contributed by atoms with Crippen LogP contribution in [0.4, 0.5) is 0 Å². The molecule has 0 amide bonds. The van der Waals surface area contributed by atoms with Gasteiger partial charge in [-0.15, -0.1) is 0 Å². The molecule has 0 saturated carbocycles. The Morgan fingerprint density at radius 2 is 1.93 bits per heavy atom. The van der Waals surface area contributed by atoms with Gasteiger partial charge in [0.15, 0.2) is 0 Å². The van der Waals surface area contributed by atoms with Crippen LogP contribution in [0, 0.1) is 5.92 Å².